The number of aliphatic hydroxyl groups is 1. The van der Waals surface area contributed by atoms with E-state index in [1.807, 2.05) is 74.6 Å². The normalized spacial score (nSPS) is 18.9. The van der Waals surface area contributed by atoms with Gasteiger partial charge in [-0.3, -0.25) is 9.69 Å². The topological polar surface area (TPSA) is 90.3 Å². The molecule has 0 unspecified atom stereocenters. The summed E-state index contributed by atoms with van der Waals surface area (Å²) in [6, 6.07) is 22.2. The van der Waals surface area contributed by atoms with Crippen molar-refractivity contribution in [3.63, 3.8) is 0 Å². The van der Waals surface area contributed by atoms with Gasteiger partial charge >= 0.3 is 5.97 Å². The monoisotopic (exact) mass is 516 g/mol. The Morgan fingerprint density at radius 2 is 1.66 bits per heavy atom. The number of carboxylic acid groups (broad SMARTS) is 1. The van der Waals surface area contributed by atoms with Gasteiger partial charge in [-0.25, -0.2) is 4.79 Å². The summed E-state index contributed by atoms with van der Waals surface area (Å²) in [7, 11) is 2.01. The maximum Gasteiger partial charge on any atom is 0.335 e. The van der Waals surface area contributed by atoms with Gasteiger partial charge in [-0.05, 0) is 54.4 Å². The Kier molecular flexibility index (Phi) is 8.94. The van der Waals surface area contributed by atoms with Crippen molar-refractivity contribution >= 4 is 11.9 Å². The van der Waals surface area contributed by atoms with Crippen LogP contribution in [0.25, 0.3) is 11.1 Å². The third kappa shape index (κ3) is 6.30. The highest BCUT2D eigenvalue weighted by Gasteiger charge is 2.30. The van der Waals surface area contributed by atoms with Gasteiger partial charge < -0.3 is 19.8 Å². The zero-order valence-electron chi connectivity index (χ0n) is 22.2. The smallest absolute Gasteiger partial charge is 0.335 e. The largest absolute Gasteiger partial charge is 0.478 e. The van der Waals surface area contributed by atoms with Gasteiger partial charge in [-0.2, -0.15) is 0 Å². The molecule has 3 atom stereocenters. The first-order valence-electron chi connectivity index (χ1n) is 13.0. The number of amides is 1. The molecule has 7 heteroatoms. The maximum absolute atomic E-state index is 13.9. The Morgan fingerprint density at radius 1 is 1.03 bits per heavy atom. The van der Waals surface area contributed by atoms with Gasteiger partial charge in [0.15, 0.2) is 0 Å². The second-order valence-corrected chi connectivity index (χ2v) is 10.2. The number of aromatic carboxylic acids is 1. The first-order chi connectivity index (χ1) is 18.3. The molecule has 38 heavy (non-hydrogen) atoms. The Morgan fingerprint density at radius 3 is 2.32 bits per heavy atom. The van der Waals surface area contributed by atoms with E-state index in [-0.39, 0.29) is 36.1 Å². The van der Waals surface area contributed by atoms with Crippen LogP contribution < -0.4 is 0 Å². The number of hydrogen-bond acceptors (Lipinski definition) is 5. The predicted octanol–water partition coefficient (Wildman–Crippen LogP) is 4.54. The van der Waals surface area contributed by atoms with Crippen LogP contribution in [0.5, 0.6) is 0 Å². The molecule has 3 aromatic carbocycles. The number of carbonyl (C=O) groups is 2. The standard InChI is InChI=1S/C31H36N2O5/c1-21-16-33(22(2)19-34)30(35)28-11-7-6-10-27(28)26-9-5-4-8-25(26)20-38-29(21)18-32(3)17-23-12-14-24(15-13-23)31(36)37/h4-15,21-22,29,34H,16-20H2,1-3H3,(H,36,37)/t21-,22-,29-/m0/s1. The summed E-state index contributed by atoms with van der Waals surface area (Å²) >= 11 is 0. The molecular weight excluding hydrogens is 480 g/mol. The van der Waals surface area contributed by atoms with Crippen molar-refractivity contribution in [1.29, 1.82) is 0 Å². The maximum atomic E-state index is 13.9. The summed E-state index contributed by atoms with van der Waals surface area (Å²) in [6.07, 6.45) is -0.186. The van der Waals surface area contributed by atoms with Crippen LogP contribution in [0.15, 0.2) is 72.8 Å². The average Bonchev–Trinajstić information content (AvgIpc) is 2.94. The van der Waals surface area contributed by atoms with Crippen molar-refractivity contribution in [2.45, 2.75) is 39.1 Å². The molecule has 0 radical (unpaired) electrons. The van der Waals surface area contributed by atoms with Crippen LogP contribution in [0.4, 0.5) is 0 Å². The molecule has 0 saturated carbocycles. The van der Waals surface area contributed by atoms with E-state index in [2.05, 4.69) is 11.8 Å². The Bertz CT molecular complexity index is 1260. The minimum absolute atomic E-state index is 0.0118. The lowest BCUT2D eigenvalue weighted by Crippen LogP contribution is -2.47. The van der Waals surface area contributed by atoms with Crippen molar-refractivity contribution in [2.75, 3.05) is 26.7 Å². The lowest BCUT2D eigenvalue weighted by Gasteiger charge is -2.35. The third-order valence-corrected chi connectivity index (χ3v) is 7.24. The molecule has 0 aromatic heterocycles. The van der Waals surface area contributed by atoms with Crippen molar-refractivity contribution in [3.8, 4) is 11.1 Å². The zero-order valence-corrected chi connectivity index (χ0v) is 22.2. The molecule has 0 spiro atoms. The van der Waals surface area contributed by atoms with E-state index in [9.17, 15) is 14.7 Å². The van der Waals surface area contributed by atoms with Gasteiger partial charge in [0.05, 0.1) is 30.9 Å². The second-order valence-electron chi connectivity index (χ2n) is 10.2. The number of hydrogen-bond donors (Lipinski definition) is 2. The van der Waals surface area contributed by atoms with Crippen LogP contribution in [-0.4, -0.2) is 70.8 Å². The predicted molar refractivity (Wildman–Crippen MR) is 147 cm³/mol. The lowest BCUT2D eigenvalue weighted by molar-refractivity contribution is -0.0241. The third-order valence-electron chi connectivity index (χ3n) is 7.24. The number of rotatable bonds is 7. The van der Waals surface area contributed by atoms with E-state index >= 15 is 0 Å². The minimum Gasteiger partial charge on any atom is -0.478 e. The van der Waals surface area contributed by atoms with Crippen molar-refractivity contribution in [2.24, 2.45) is 5.92 Å². The Hall–Kier alpha value is -3.52. The van der Waals surface area contributed by atoms with Crippen LogP contribution in [0.1, 0.15) is 45.7 Å². The molecule has 2 N–H and O–H groups in total. The van der Waals surface area contributed by atoms with Gasteiger partial charge in [-0.1, -0.05) is 61.5 Å². The number of likely N-dealkylation sites (N-methyl/N-ethyl adjacent to an activating group) is 1. The first-order valence-corrected chi connectivity index (χ1v) is 13.0. The molecule has 1 amide bonds. The van der Waals surface area contributed by atoms with Crippen LogP contribution >= 0.6 is 0 Å². The highest BCUT2D eigenvalue weighted by molar-refractivity contribution is 6.01. The van der Waals surface area contributed by atoms with Gasteiger partial charge in [0.1, 0.15) is 0 Å². The van der Waals surface area contributed by atoms with E-state index in [0.717, 1.165) is 22.3 Å². The number of ether oxygens (including phenoxy) is 1. The Balaban J connectivity index is 1.63. The van der Waals surface area contributed by atoms with Gasteiger partial charge in [-0.15, -0.1) is 0 Å². The lowest BCUT2D eigenvalue weighted by atomic mass is 9.94. The van der Waals surface area contributed by atoms with Crippen molar-refractivity contribution < 1.29 is 24.5 Å². The summed E-state index contributed by atoms with van der Waals surface area (Å²) < 4.78 is 6.56. The molecule has 3 aromatic rings. The number of carbonyl (C=O) groups excluding carboxylic acids is 1. The molecule has 0 bridgehead atoms. The second kappa shape index (κ2) is 12.3. The summed E-state index contributed by atoms with van der Waals surface area (Å²) in [6.45, 7) is 5.91. The minimum atomic E-state index is -0.941. The van der Waals surface area contributed by atoms with Gasteiger partial charge in [0.2, 0.25) is 0 Å². The molecule has 0 aliphatic carbocycles. The number of benzene rings is 3. The van der Waals surface area contributed by atoms with E-state index in [1.54, 1.807) is 17.0 Å². The molecule has 1 aliphatic rings. The fourth-order valence-electron chi connectivity index (χ4n) is 4.99. The quantitative estimate of drug-likeness (QED) is 0.479. The SMILES string of the molecule is C[C@H]1CN([C@@H](C)CO)C(=O)c2ccccc2-c2ccccc2CO[C@H]1CN(C)Cc1ccc(C(=O)O)cc1. The number of fused-ring (bicyclic) bond motifs is 3. The average molecular weight is 517 g/mol. The molecule has 7 nitrogen and oxygen atoms in total. The number of carboxylic acids is 1. The van der Waals surface area contributed by atoms with Crippen molar-refractivity contribution in [1.82, 2.24) is 9.80 Å². The summed E-state index contributed by atoms with van der Waals surface area (Å²) in [5.41, 5.74) is 4.73. The zero-order chi connectivity index (χ0) is 27.2. The summed E-state index contributed by atoms with van der Waals surface area (Å²) in [5, 5.41) is 19.2. The number of nitrogens with zero attached hydrogens (tertiary/aromatic N) is 2. The van der Waals surface area contributed by atoms with Crippen LogP contribution in [0, 0.1) is 5.92 Å². The number of aliphatic hydroxyl groups excluding tert-OH is 1. The molecular formula is C31H36N2O5. The molecule has 4 rings (SSSR count). The highest BCUT2D eigenvalue weighted by Crippen LogP contribution is 2.31. The van der Waals surface area contributed by atoms with E-state index in [1.165, 1.54) is 0 Å². The molecule has 1 aliphatic heterocycles. The first kappa shape index (κ1) is 27.5. The summed E-state index contributed by atoms with van der Waals surface area (Å²) in [4.78, 5) is 29.0. The fourth-order valence-corrected chi connectivity index (χ4v) is 4.99. The van der Waals surface area contributed by atoms with Crippen LogP contribution in [0.3, 0.4) is 0 Å². The van der Waals surface area contributed by atoms with Crippen LogP contribution in [0.2, 0.25) is 0 Å². The van der Waals surface area contributed by atoms with E-state index < -0.39 is 5.97 Å². The van der Waals surface area contributed by atoms with E-state index in [0.29, 0.717) is 31.8 Å². The highest BCUT2D eigenvalue weighted by atomic mass is 16.5. The summed E-state index contributed by atoms with van der Waals surface area (Å²) in [5.74, 6) is -1.05. The van der Waals surface area contributed by atoms with Crippen LogP contribution in [-0.2, 0) is 17.9 Å². The molecule has 200 valence electrons. The van der Waals surface area contributed by atoms with Gasteiger partial charge in [0, 0.05) is 31.1 Å². The van der Waals surface area contributed by atoms with E-state index in [4.69, 9.17) is 9.84 Å². The molecule has 1 heterocycles. The fraction of sp³-hybridized carbons (Fsp3) is 0.355. The Labute approximate surface area is 224 Å². The molecule has 0 saturated heterocycles. The van der Waals surface area contributed by atoms with Gasteiger partial charge in [0.25, 0.3) is 5.91 Å². The van der Waals surface area contributed by atoms with Crippen molar-refractivity contribution in [3.05, 3.63) is 95.1 Å². The molecule has 0 fully saturated rings.